The van der Waals surface area contributed by atoms with Crippen molar-refractivity contribution in [3.05, 3.63) is 76.3 Å². The molecular formula is C42H57BF2N5O6+. The number of carbonyl (C=O) groups is 5. The van der Waals surface area contributed by atoms with Crippen LogP contribution in [0, 0.1) is 6.92 Å². The summed E-state index contributed by atoms with van der Waals surface area (Å²) in [6.07, 6.45) is 10.0. The summed E-state index contributed by atoms with van der Waals surface area (Å²) >= 11 is 0. The minimum atomic E-state index is -4.30. The summed E-state index contributed by atoms with van der Waals surface area (Å²) in [4.78, 5) is 67.4. The molecule has 1 unspecified atom stereocenters. The summed E-state index contributed by atoms with van der Waals surface area (Å²) < 4.78 is 37.0. The SMILES string of the molecule is CCCCC1=CC(c2ccccc2)=[N+]2C1=Cc1c(C)cc(CCC(=O)NC(CCCC[N+](C)(C)C)C(=O)CCCCCC(=O)ON3C(=O)CCC3=O)n1[B-]2(F)F. The van der Waals surface area contributed by atoms with E-state index >= 15 is 8.63 Å². The lowest BCUT2D eigenvalue weighted by Gasteiger charge is -2.31. The number of nitrogens with one attached hydrogen (secondary N) is 1. The molecule has 56 heavy (non-hydrogen) atoms. The summed E-state index contributed by atoms with van der Waals surface area (Å²) in [6.45, 7) is 0.517. The number of halogens is 2. The second kappa shape index (κ2) is 18.5. The first-order valence-electron chi connectivity index (χ1n) is 20.2. The summed E-state index contributed by atoms with van der Waals surface area (Å²) in [6, 6.07) is 10.3. The van der Waals surface area contributed by atoms with Crippen LogP contribution in [0.5, 0.6) is 0 Å². The van der Waals surface area contributed by atoms with E-state index in [2.05, 4.69) is 33.4 Å². The number of allylic oxidation sites excluding steroid dienone is 2. The molecule has 0 saturated carbocycles. The average molecular weight is 777 g/mol. The molecule has 1 saturated heterocycles. The molecule has 4 heterocycles. The van der Waals surface area contributed by atoms with E-state index in [4.69, 9.17) is 4.84 Å². The molecule has 1 N–H and O–H groups in total. The first-order chi connectivity index (χ1) is 26.6. The zero-order valence-corrected chi connectivity index (χ0v) is 33.6. The number of nitrogens with zero attached hydrogens (tertiary/aromatic N) is 4. The average Bonchev–Trinajstić information content (AvgIpc) is 3.80. The van der Waals surface area contributed by atoms with Crippen molar-refractivity contribution in [1.29, 1.82) is 0 Å². The van der Waals surface area contributed by atoms with Crippen LogP contribution in [-0.2, 0) is 35.2 Å². The van der Waals surface area contributed by atoms with Crippen LogP contribution in [0.25, 0.3) is 6.08 Å². The van der Waals surface area contributed by atoms with Gasteiger partial charge in [0.15, 0.2) is 17.2 Å². The third kappa shape index (κ3) is 10.4. The Kier molecular flexibility index (Phi) is 14.0. The van der Waals surface area contributed by atoms with Gasteiger partial charge in [0.25, 0.3) is 11.8 Å². The number of rotatable bonds is 21. The minimum Gasteiger partial charge on any atom is -0.394 e. The van der Waals surface area contributed by atoms with Gasteiger partial charge in [-0.25, -0.2) is 4.79 Å². The van der Waals surface area contributed by atoms with Crippen molar-refractivity contribution < 1.29 is 46.4 Å². The molecule has 0 bridgehead atoms. The Balaban J connectivity index is 1.23. The van der Waals surface area contributed by atoms with Crippen molar-refractivity contribution in [2.24, 2.45) is 0 Å². The van der Waals surface area contributed by atoms with E-state index in [-0.39, 0.29) is 50.2 Å². The van der Waals surface area contributed by atoms with Gasteiger partial charge in [0.2, 0.25) is 5.91 Å². The monoisotopic (exact) mass is 776 g/mol. The Bertz CT molecular complexity index is 1900. The molecule has 1 fully saturated rings. The molecular weight excluding hydrogens is 719 g/mol. The van der Waals surface area contributed by atoms with Gasteiger partial charge in [-0.1, -0.05) is 38.0 Å². The number of ketones is 1. The fourth-order valence-corrected chi connectivity index (χ4v) is 7.70. The quantitative estimate of drug-likeness (QED) is 0.0677. The van der Waals surface area contributed by atoms with E-state index in [0.29, 0.717) is 71.1 Å². The fraction of sp³-hybridized carbons (Fsp3) is 0.524. The van der Waals surface area contributed by atoms with Crippen LogP contribution in [0.1, 0.15) is 119 Å². The summed E-state index contributed by atoms with van der Waals surface area (Å²) in [5.41, 5.74) is 4.14. The number of fused-ring (bicyclic) bond motifs is 2. The maximum atomic E-state index is 16.9. The number of aryl methyl sites for hydroxylation is 2. The van der Waals surface area contributed by atoms with E-state index in [1.807, 2.05) is 49.4 Å². The highest BCUT2D eigenvalue weighted by Crippen LogP contribution is 2.39. The van der Waals surface area contributed by atoms with Crippen molar-refractivity contribution in [2.45, 2.75) is 116 Å². The van der Waals surface area contributed by atoms with Gasteiger partial charge < -0.3 is 32.2 Å². The second-order valence-electron chi connectivity index (χ2n) is 16.3. The summed E-state index contributed by atoms with van der Waals surface area (Å²) in [5.74, 6) is -2.24. The number of aromatic nitrogens is 1. The normalized spacial score (nSPS) is 16.7. The lowest BCUT2D eigenvalue weighted by Crippen LogP contribution is -2.51. The molecule has 5 rings (SSSR count). The maximum absolute atomic E-state index is 16.9. The van der Waals surface area contributed by atoms with Crippen LogP contribution in [0.15, 0.2) is 53.7 Å². The Morgan fingerprint density at radius 3 is 2.29 bits per heavy atom. The highest BCUT2D eigenvalue weighted by atomic mass is 19.2. The Labute approximate surface area is 329 Å². The van der Waals surface area contributed by atoms with Crippen LogP contribution in [0.2, 0.25) is 0 Å². The number of carbonyl (C=O) groups excluding carboxylic acids is 5. The fourth-order valence-electron chi connectivity index (χ4n) is 7.70. The molecule has 11 nitrogen and oxygen atoms in total. The zero-order valence-electron chi connectivity index (χ0n) is 33.6. The number of Topliss-reactive ketones (excluding diaryl/α,β-unsaturated/α-hetero) is 1. The smallest absolute Gasteiger partial charge is 0.394 e. The number of hydrogen-bond acceptors (Lipinski definition) is 6. The van der Waals surface area contributed by atoms with Gasteiger partial charge in [-0.05, 0) is 87.7 Å². The molecule has 0 spiro atoms. The number of amides is 3. The standard InChI is InChI=1S/C42H56BF2N5O6/c1-6-7-16-32-28-36(31-17-10-8-11-18-31)48-37(32)29-35-30(2)27-33(47(35)43(48,44)45)22-23-39(52)46-34(19-14-15-26-50(3,4)5)38(51)20-12-9-13-21-42(55)56-49-40(53)24-25-41(49)54/h8,10-11,17-18,27-29,34H,6-7,9,12-16,19-26H2,1-5H3/p+1. The zero-order chi connectivity index (χ0) is 40.6. The minimum absolute atomic E-state index is 0.00326. The number of quaternary nitrogens is 1. The molecule has 3 aliphatic rings. The van der Waals surface area contributed by atoms with E-state index in [1.165, 1.54) is 4.49 Å². The van der Waals surface area contributed by atoms with Crippen LogP contribution < -0.4 is 5.32 Å². The van der Waals surface area contributed by atoms with Gasteiger partial charge in [0.05, 0.1) is 33.7 Å². The van der Waals surface area contributed by atoms with Crippen molar-refractivity contribution in [1.82, 2.24) is 14.9 Å². The molecule has 1 atom stereocenters. The third-order valence-electron chi connectivity index (χ3n) is 10.7. The Morgan fingerprint density at radius 2 is 1.61 bits per heavy atom. The van der Waals surface area contributed by atoms with Crippen molar-refractivity contribution in [2.75, 3.05) is 27.7 Å². The molecule has 0 aliphatic carbocycles. The van der Waals surface area contributed by atoms with E-state index in [0.717, 1.165) is 46.8 Å². The molecule has 3 amide bonds. The largest absolute Gasteiger partial charge is 0.737 e. The Hall–Kier alpha value is -4.72. The van der Waals surface area contributed by atoms with Gasteiger partial charge >= 0.3 is 12.9 Å². The van der Waals surface area contributed by atoms with E-state index in [9.17, 15) is 24.0 Å². The molecule has 1 aromatic carbocycles. The summed E-state index contributed by atoms with van der Waals surface area (Å²) in [5, 5.41) is 3.45. The van der Waals surface area contributed by atoms with Gasteiger partial charge in [0.1, 0.15) is 0 Å². The number of imide groups is 1. The third-order valence-corrected chi connectivity index (χ3v) is 10.7. The van der Waals surface area contributed by atoms with Gasteiger partial charge in [-0.3, -0.25) is 19.2 Å². The summed E-state index contributed by atoms with van der Waals surface area (Å²) in [7, 11) is 6.28. The van der Waals surface area contributed by atoms with Crippen LogP contribution in [0.4, 0.5) is 8.63 Å². The highest BCUT2D eigenvalue weighted by molar-refractivity contribution is 6.58. The molecule has 2 aromatic rings. The molecule has 1 aromatic heterocycles. The van der Waals surface area contributed by atoms with Crippen LogP contribution >= 0.6 is 0 Å². The number of hydroxylamine groups is 2. The number of hydrogen-bond donors (Lipinski definition) is 1. The predicted octanol–water partition coefficient (Wildman–Crippen LogP) is 6.43. The topological polar surface area (TPSA) is 118 Å². The number of benzene rings is 1. The number of unbranched alkanes of at least 4 members (excludes halogenated alkanes) is 4. The van der Waals surface area contributed by atoms with E-state index in [1.54, 1.807) is 6.07 Å². The Morgan fingerprint density at radius 1 is 0.911 bits per heavy atom. The second-order valence-corrected chi connectivity index (χ2v) is 16.3. The van der Waals surface area contributed by atoms with Crippen molar-refractivity contribution in [3.8, 4) is 0 Å². The highest BCUT2D eigenvalue weighted by Gasteiger charge is 2.54. The van der Waals surface area contributed by atoms with Crippen LogP contribution in [-0.4, -0.2) is 94.4 Å². The molecule has 14 heteroatoms. The maximum Gasteiger partial charge on any atom is 0.737 e. The lowest BCUT2D eigenvalue weighted by molar-refractivity contribution is -0.870. The molecule has 0 radical (unpaired) electrons. The molecule has 3 aliphatic heterocycles. The molecule has 302 valence electrons. The first-order valence-corrected chi connectivity index (χ1v) is 20.2. The van der Waals surface area contributed by atoms with Gasteiger partial charge in [0, 0.05) is 61.1 Å². The van der Waals surface area contributed by atoms with Crippen molar-refractivity contribution >= 4 is 48.2 Å². The first kappa shape index (κ1) is 42.4. The van der Waals surface area contributed by atoms with E-state index < -0.39 is 30.8 Å². The van der Waals surface area contributed by atoms with Crippen molar-refractivity contribution in [3.63, 3.8) is 0 Å². The van der Waals surface area contributed by atoms with Crippen LogP contribution in [0.3, 0.4) is 0 Å². The lowest BCUT2D eigenvalue weighted by atomic mass is 9.88. The predicted molar refractivity (Wildman–Crippen MR) is 211 cm³/mol. The van der Waals surface area contributed by atoms with Gasteiger partial charge in [-0.15, -0.1) is 5.06 Å². The van der Waals surface area contributed by atoms with Gasteiger partial charge in [-0.2, -0.15) is 0 Å².